The van der Waals surface area contributed by atoms with Gasteiger partial charge in [-0.2, -0.15) is 0 Å². The Morgan fingerprint density at radius 3 is 1.86 bits per heavy atom. The van der Waals surface area contributed by atoms with Crippen molar-refractivity contribution in [2.24, 2.45) is 17.8 Å². The summed E-state index contributed by atoms with van der Waals surface area (Å²) in [6, 6.07) is 0. The molecule has 0 saturated heterocycles. The van der Waals surface area contributed by atoms with Crippen LogP contribution < -0.4 is 0 Å². The van der Waals surface area contributed by atoms with E-state index >= 15 is 0 Å². The molecule has 0 aliphatic carbocycles. The number of rotatable bonds is 14. The summed E-state index contributed by atoms with van der Waals surface area (Å²) >= 11 is 0. The quantitative estimate of drug-likeness (QED) is 0.258. The molecule has 2 unspecified atom stereocenters. The lowest BCUT2D eigenvalue weighted by molar-refractivity contribution is 0.441. The lowest BCUT2D eigenvalue weighted by Gasteiger charge is -2.13. The minimum absolute atomic E-state index is 0.712. The molecule has 21 heavy (non-hydrogen) atoms. The minimum atomic E-state index is 0.712. The average molecular weight is 296 g/mol. The third-order valence-corrected chi connectivity index (χ3v) is 4.54. The Morgan fingerprint density at radius 2 is 1.33 bits per heavy atom. The summed E-state index contributed by atoms with van der Waals surface area (Å²) < 4.78 is 0. The Kier molecular flexibility index (Phi) is 13.1. The number of unbranched alkanes of at least 4 members (excludes halogenated alkanes) is 3. The fourth-order valence-corrected chi connectivity index (χ4v) is 3.06. The predicted octanol–water partition coefficient (Wildman–Crippen LogP) is 7.25. The smallest absolute Gasteiger partial charge is 0.00919 e. The van der Waals surface area contributed by atoms with Crippen molar-refractivity contribution in [2.75, 3.05) is 0 Å². The van der Waals surface area contributed by atoms with Crippen LogP contribution in [0.15, 0.2) is 0 Å². The lowest BCUT2D eigenvalue weighted by atomic mass is 9.93. The molecule has 0 amide bonds. The fourth-order valence-electron chi connectivity index (χ4n) is 3.06. The third kappa shape index (κ3) is 14.4. The van der Waals surface area contributed by atoms with E-state index < -0.39 is 0 Å². The zero-order valence-electron chi connectivity index (χ0n) is 15.5. The van der Waals surface area contributed by atoms with E-state index in [4.69, 9.17) is 5.41 Å². The summed E-state index contributed by atoms with van der Waals surface area (Å²) in [5.41, 5.74) is 0.976. The van der Waals surface area contributed by atoms with Crippen LogP contribution in [0.1, 0.15) is 105 Å². The van der Waals surface area contributed by atoms with Crippen molar-refractivity contribution in [1.82, 2.24) is 0 Å². The molecule has 0 radical (unpaired) electrons. The van der Waals surface area contributed by atoms with E-state index in [2.05, 4.69) is 34.6 Å². The summed E-state index contributed by atoms with van der Waals surface area (Å²) in [5, 5.41) is 8.05. The molecule has 0 bridgehead atoms. The summed E-state index contributed by atoms with van der Waals surface area (Å²) in [4.78, 5) is 0. The second-order valence-corrected chi connectivity index (χ2v) is 7.73. The molecule has 126 valence electrons. The van der Waals surface area contributed by atoms with Crippen LogP contribution in [0, 0.1) is 23.2 Å². The Labute approximate surface area is 134 Å². The third-order valence-electron chi connectivity index (χ3n) is 4.54. The van der Waals surface area contributed by atoms with Crippen LogP contribution in [0.2, 0.25) is 0 Å². The van der Waals surface area contributed by atoms with Crippen molar-refractivity contribution < 1.29 is 0 Å². The van der Waals surface area contributed by atoms with Gasteiger partial charge in [0.15, 0.2) is 0 Å². The number of hydrogen-bond donors (Lipinski definition) is 1. The van der Waals surface area contributed by atoms with E-state index in [1.165, 1.54) is 57.8 Å². The second-order valence-electron chi connectivity index (χ2n) is 7.73. The Balaban J connectivity index is 3.45. The van der Waals surface area contributed by atoms with Gasteiger partial charge in [-0.1, -0.05) is 86.0 Å². The Morgan fingerprint density at radius 1 is 0.762 bits per heavy atom. The van der Waals surface area contributed by atoms with E-state index in [-0.39, 0.29) is 0 Å². The van der Waals surface area contributed by atoms with Gasteiger partial charge in [0.25, 0.3) is 0 Å². The van der Waals surface area contributed by atoms with E-state index in [1.54, 1.807) is 0 Å². The van der Waals surface area contributed by atoms with Gasteiger partial charge >= 0.3 is 0 Å². The Bertz CT molecular complexity index is 244. The van der Waals surface area contributed by atoms with E-state index in [0.717, 1.165) is 30.4 Å². The van der Waals surface area contributed by atoms with Crippen molar-refractivity contribution in [3.63, 3.8) is 0 Å². The lowest BCUT2D eigenvalue weighted by Crippen LogP contribution is -2.06. The van der Waals surface area contributed by atoms with Crippen molar-refractivity contribution in [3.05, 3.63) is 0 Å². The summed E-state index contributed by atoms with van der Waals surface area (Å²) in [6.45, 7) is 11.5. The van der Waals surface area contributed by atoms with Crippen molar-refractivity contribution in [3.8, 4) is 0 Å². The molecule has 0 rings (SSSR count). The van der Waals surface area contributed by atoms with Gasteiger partial charge < -0.3 is 5.41 Å². The molecule has 0 fully saturated rings. The van der Waals surface area contributed by atoms with E-state index in [9.17, 15) is 0 Å². The molecule has 0 aliphatic rings. The molecule has 1 nitrogen and oxygen atoms in total. The minimum Gasteiger partial charge on any atom is -0.310 e. The Hall–Kier alpha value is -0.330. The van der Waals surface area contributed by atoms with Crippen LogP contribution >= 0.6 is 0 Å². The highest BCUT2D eigenvalue weighted by Crippen LogP contribution is 2.19. The highest BCUT2D eigenvalue weighted by molar-refractivity contribution is 5.81. The predicted molar refractivity (Wildman–Crippen MR) is 97.4 cm³/mol. The van der Waals surface area contributed by atoms with Crippen molar-refractivity contribution in [1.29, 1.82) is 5.41 Å². The summed E-state index contributed by atoms with van der Waals surface area (Å²) in [6.07, 6.45) is 14.3. The van der Waals surface area contributed by atoms with E-state index in [0.29, 0.717) is 5.92 Å². The SMILES string of the molecule is CCCC(C)CCCCCCC(C)CC(=N)CCC(C)C. The zero-order chi connectivity index (χ0) is 16.1. The first-order valence-electron chi connectivity index (χ1n) is 9.51. The molecule has 0 aromatic carbocycles. The van der Waals surface area contributed by atoms with Gasteiger partial charge in [0, 0.05) is 5.71 Å². The maximum absolute atomic E-state index is 8.05. The highest BCUT2D eigenvalue weighted by Gasteiger charge is 2.07. The van der Waals surface area contributed by atoms with Crippen LogP contribution in [-0.2, 0) is 0 Å². The molecule has 0 aliphatic heterocycles. The topological polar surface area (TPSA) is 23.9 Å². The first kappa shape index (κ1) is 20.7. The summed E-state index contributed by atoms with van der Waals surface area (Å²) in [5.74, 6) is 2.37. The highest BCUT2D eigenvalue weighted by atomic mass is 14.4. The summed E-state index contributed by atoms with van der Waals surface area (Å²) in [7, 11) is 0. The standard InChI is InChI=1S/C20H41N/c1-6-11-18(4)12-9-7-8-10-13-19(5)16-20(21)15-14-17(2)3/h17-19,21H,6-16H2,1-5H3. The van der Waals surface area contributed by atoms with Gasteiger partial charge in [0.05, 0.1) is 0 Å². The van der Waals surface area contributed by atoms with Crippen molar-refractivity contribution in [2.45, 2.75) is 105 Å². The molecular formula is C20H41N. The molecule has 1 N–H and O–H groups in total. The van der Waals surface area contributed by atoms with Crippen LogP contribution in [0.4, 0.5) is 0 Å². The van der Waals surface area contributed by atoms with E-state index in [1.807, 2.05) is 0 Å². The van der Waals surface area contributed by atoms with Gasteiger partial charge in [0.2, 0.25) is 0 Å². The molecule has 2 atom stereocenters. The van der Waals surface area contributed by atoms with Gasteiger partial charge in [0.1, 0.15) is 0 Å². The normalized spacial score (nSPS) is 14.4. The van der Waals surface area contributed by atoms with Crippen LogP contribution in [0.25, 0.3) is 0 Å². The largest absolute Gasteiger partial charge is 0.310 e. The van der Waals surface area contributed by atoms with Crippen LogP contribution in [-0.4, -0.2) is 5.71 Å². The van der Waals surface area contributed by atoms with Crippen LogP contribution in [0.3, 0.4) is 0 Å². The zero-order valence-corrected chi connectivity index (χ0v) is 15.5. The molecule has 1 heteroatoms. The monoisotopic (exact) mass is 295 g/mol. The number of nitrogens with one attached hydrogen (secondary N) is 1. The van der Waals surface area contributed by atoms with Crippen molar-refractivity contribution >= 4 is 5.71 Å². The average Bonchev–Trinajstić information content (AvgIpc) is 2.40. The molecule has 0 saturated carbocycles. The molecule has 0 aromatic rings. The molecule has 0 aromatic heterocycles. The first-order chi connectivity index (χ1) is 9.95. The molecule has 0 heterocycles. The van der Waals surface area contributed by atoms with Gasteiger partial charge in [-0.25, -0.2) is 0 Å². The first-order valence-corrected chi connectivity index (χ1v) is 9.51. The second kappa shape index (κ2) is 13.3. The molecular weight excluding hydrogens is 254 g/mol. The van der Waals surface area contributed by atoms with Gasteiger partial charge in [-0.05, 0) is 37.0 Å². The fraction of sp³-hybridized carbons (Fsp3) is 0.950. The van der Waals surface area contributed by atoms with Gasteiger partial charge in [-0.3, -0.25) is 0 Å². The maximum atomic E-state index is 8.05. The van der Waals surface area contributed by atoms with Crippen LogP contribution in [0.5, 0.6) is 0 Å². The number of hydrogen-bond acceptors (Lipinski definition) is 1. The molecule has 0 spiro atoms. The maximum Gasteiger partial charge on any atom is 0.00919 e. The van der Waals surface area contributed by atoms with Gasteiger partial charge in [-0.15, -0.1) is 0 Å².